The maximum atomic E-state index is 13.8. The normalized spacial score (nSPS) is 23.0. The number of rotatable bonds is 6. The fraction of sp³-hybridized carbons (Fsp3) is 0.562. The van der Waals surface area contributed by atoms with Crippen molar-refractivity contribution in [2.75, 3.05) is 25.6 Å². The van der Waals surface area contributed by atoms with E-state index in [-0.39, 0.29) is 23.0 Å². The fourth-order valence-electron chi connectivity index (χ4n) is 2.95. The van der Waals surface area contributed by atoms with Crippen LogP contribution in [-0.2, 0) is 4.79 Å². The third-order valence-corrected chi connectivity index (χ3v) is 5.18. The summed E-state index contributed by atoms with van der Waals surface area (Å²) in [6, 6.07) is 4.16. The molecule has 4 nitrogen and oxygen atoms in total. The first kappa shape index (κ1) is 18.5. The molecule has 1 aliphatic rings. The minimum Gasteiger partial charge on any atom is -0.350 e. The van der Waals surface area contributed by atoms with Crippen LogP contribution < -0.4 is 11.1 Å². The Morgan fingerprint density at radius 2 is 2.35 bits per heavy atom. The van der Waals surface area contributed by atoms with Gasteiger partial charge in [-0.05, 0) is 49.6 Å². The summed E-state index contributed by atoms with van der Waals surface area (Å²) in [7, 11) is 1.97. The van der Waals surface area contributed by atoms with E-state index in [1.807, 2.05) is 19.4 Å². The molecule has 2 rings (SSSR count). The molecule has 0 bridgehead atoms. The predicted molar refractivity (Wildman–Crippen MR) is 94.3 cm³/mol. The topological polar surface area (TPSA) is 58.4 Å². The first-order chi connectivity index (χ1) is 10.9. The summed E-state index contributed by atoms with van der Waals surface area (Å²) in [4.78, 5) is 14.4. The molecule has 7 heteroatoms. The Hall–Kier alpha value is -0.820. The lowest BCUT2D eigenvalue weighted by Gasteiger charge is -2.27. The maximum absolute atomic E-state index is 13.8. The van der Waals surface area contributed by atoms with Gasteiger partial charge in [-0.15, -0.1) is 0 Å². The number of halogens is 2. The zero-order valence-electron chi connectivity index (χ0n) is 13.4. The molecule has 1 aromatic carbocycles. The van der Waals surface area contributed by atoms with Gasteiger partial charge in [-0.1, -0.05) is 17.7 Å². The Morgan fingerprint density at radius 1 is 1.61 bits per heavy atom. The SMILES string of the molecule is CSCCC(N)C(=O)NC1CCN(C)C1c1ccc(Cl)c(F)c1. The fourth-order valence-corrected chi connectivity index (χ4v) is 3.55. The van der Waals surface area contributed by atoms with Crippen molar-refractivity contribution in [3.8, 4) is 0 Å². The summed E-state index contributed by atoms with van der Waals surface area (Å²) >= 11 is 7.43. The van der Waals surface area contributed by atoms with Crippen LogP contribution >= 0.6 is 23.4 Å². The van der Waals surface area contributed by atoms with Crippen LogP contribution in [0.25, 0.3) is 0 Å². The third-order valence-electron chi connectivity index (χ3n) is 4.23. The van der Waals surface area contributed by atoms with E-state index in [0.29, 0.717) is 6.42 Å². The monoisotopic (exact) mass is 359 g/mol. The molecule has 0 saturated carbocycles. The first-order valence-electron chi connectivity index (χ1n) is 7.64. The lowest BCUT2D eigenvalue weighted by atomic mass is 9.99. The van der Waals surface area contributed by atoms with Gasteiger partial charge in [0.2, 0.25) is 5.91 Å². The number of likely N-dealkylation sites (tertiary alicyclic amines) is 1. The quantitative estimate of drug-likeness (QED) is 0.819. The molecule has 3 atom stereocenters. The molecule has 1 fully saturated rings. The minimum absolute atomic E-state index is 0.0709. The smallest absolute Gasteiger partial charge is 0.237 e. The second kappa shape index (κ2) is 8.33. The molecule has 1 aromatic rings. The lowest BCUT2D eigenvalue weighted by molar-refractivity contribution is -0.123. The van der Waals surface area contributed by atoms with Gasteiger partial charge in [0, 0.05) is 12.6 Å². The Labute approximate surface area is 145 Å². The first-order valence-corrected chi connectivity index (χ1v) is 9.41. The molecule has 1 heterocycles. The Bertz CT molecular complexity index is 560. The molecule has 0 aliphatic carbocycles. The molecule has 3 unspecified atom stereocenters. The van der Waals surface area contributed by atoms with Gasteiger partial charge in [0.15, 0.2) is 0 Å². The summed E-state index contributed by atoms with van der Waals surface area (Å²) in [5, 5.41) is 3.14. The number of thioether (sulfide) groups is 1. The molecule has 1 amide bonds. The van der Waals surface area contributed by atoms with Crippen molar-refractivity contribution in [1.29, 1.82) is 0 Å². The Balaban J connectivity index is 2.08. The second-order valence-electron chi connectivity index (χ2n) is 5.89. The van der Waals surface area contributed by atoms with E-state index in [4.69, 9.17) is 17.3 Å². The van der Waals surface area contributed by atoms with Crippen molar-refractivity contribution in [1.82, 2.24) is 10.2 Å². The highest BCUT2D eigenvalue weighted by molar-refractivity contribution is 7.98. The van der Waals surface area contributed by atoms with Crippen LogP contribution in [0.15, 0.2) is 18.2 Å². The molecule has 128 valence electrons. The van der Waals surface area contributed by atoms with Crippen LogP contribution in [0.5, 0.6) is 0 Å². The van der Waals surface area contributed by atoms with E-state index in [1.165, 1.54) is 6.07 Å². The average molecular weight is 360 g/mol. The van der Waals surface area contributed by atoms with Gasteiger partial charge in [-0.25, -0.2) is 4.39 Å². The minimum atomic E-state index is -0.504. The number of likely N-dealkylation sites (N-methyl/N-ethyl adjacent to an activating group) is 1. The summed E-state index contributed by atoms with van der Waals surface area (Å²) in [5.74, 6) is 0.273. The number of carbonyl (C=O) groups is 1. The highest BCUT2D eigenvalue weighted by Crippen LogP contribution is 2.32. The van der Waals surface area contributed by atoms with E-state index in [0.717, 1.165) is 24.3 Å². The van der Waals surface area contributed by atoms with Crippen molar-refractivity contribution >= 4 is 29.3 Å². The van der Waals surface area contributed by atoms with Crippen LogP contribution in [0.1, 0.15) is 24.4 Å². The van der Waals surface area contributed by atoms with Gasteiger partial charge in [0.1, 0.15) is 5.82 Å². The Kier molecular flexibility index (Phi) is 6.71. The summed E-state index contributed by atoms with van der Waals surface area (Å²) in [6.07, 6.45) is 3.45. The number of hydrogen-bond donors (Lipinski definition) is 2. The molecule has 1 saturated heterocycles. The van der Waals surface area contributed by atoms with E-state index >= 15 is 0 Å². The van der Waals surface area contributed by atoms with E-state index < -0.39 is 11.9 Å². The number of benzene rings is 1. The van der Waals surface area contributed by atoms with Crippen molar-refractivity contribution in [2.45, 2.75) is 31.0 Å². The number of carbonyl (C=O) groups excluding carboxylic acids is 1. The molecule has 0 aromatic heterocycles. The number of nitrogens with one attached hydrogen (secondary N) is 1. The molecule has 23 heavy (non-hydrogen) atoms. The van der Waals surface area contributed by atoms with Crippen LogP contribution in [0, 0.1) is 5.82 Å². The van der Waals surface area contributed by atoms with Crippen LogP contribution in [-0.4, -0.2) is 48.5 Å². The van der Waals surface area contributed by atoms with Gasteiger partial charge in [0.25, 0.3) is 0 Å². The van der Waals surface area contributed by atoms with E-state index in [9.17, 15) is 9.18 Å². The van der Waals surface area contributed by atoms with Crippen molar-refractivity contribution < 1.29 is 9.18 Å². The van der Waals surface area contributed by atoms with Gasteiger partial charge in [0.05, 0.1) is 17.1 Å². The molecular formula is C16H23ClFN3OS. The summed E-state index contributed by atoms with van der Waals surface area (Å²) in [6.45, 7) is 0.833. The van der Waals surface area contributed by atoms with E-state index in [2.05, 4.69) is 10.2 Å². The number of hydrogen-bond acceptors (Lipinski definition) is 4. The third kappa shape index (κ3) is 4.59. The zero-order valence-corrected chi connectivity index (χ0v) is 15.0. The van der Waals surface area contributed by atoms with Gasteiger partial charge in [-0.2, -0.15) is 11.8 Å². The van der Waals surface area contributed by atoms with Gasteiger partial charge >= 0.3 is 0 Å². The number of nitrogens with two attached hydrogens (primary N) is 1. The second-order valence-corrected chi connectivity index (χ2v) is 7.28. The van der Waals surface area contributed by atoms with Crippen molar-refractivity contribution in [3.05, 3.63) is 34.6 Å². The van der Waals surface area contributed by atoms with Crippen LogP contribution in [0.2, 0.25) is 5.02 Å². The largest absolute Gasteiger partial charge is 0.350 e. The lowest BCUT2D eigenvalue weighted by Crippen LogP contribution is -2.47. The molecule has 0 radical (unpaired) electrons. The zero-order chi connectivity index (χ0) is 17.0. The molecule has 3 N–H and O–H groups in total. The van der Waals surface area contributed by atoms with Crippen molar-refractivity contribution in [2.24, 2.45) is 5.73 Å². The predicted octanol–water partition coefficient (Wildman–Crippen LogP) is 2.42. The molecular weight excluding hydrogens is 337 g/mol. The maximum Gasteiger partial charge on any atom is 0.237 e. The summed E-state index contributed by atoms with van der Waals surface area (Å²) < 4.78 is 13.8. The highest BCUT2D eigenvalue weighted by Gasteiger charge is 2.35. The number of nitrogens with zero attached hydrogens (tertiary/aromatic N) is 1. The van der Waals surface area contributed by atoms with Crippen LogP contribution in [0.4, 0.5) is 4.39 Å². The molecule has 0 spiro atoms. The standard InChI is InChI=1S/C16H23ClFN3OS/c1-21-7-5-14(20-16(22)13(19)6-8-23-2)15(21)10-3-4-11(17)12(18)9-10/h3-4,9,13-15H,5-8,19H2,1-2H3,(H,20,22). The van der Waals surface area contributed by atoms with Crippen molar-refractivity contribution in [3.63, 3.8) is 0 Å². The summed E-state index contributed by atoms with van der Waals surface area (Å²) in [5.41, 5.74) is 6.74. The Morgan fingerprint density at radius 3 is 3.00 bits per heavy atom. The average Bonchev–Trinajstić information content (AvgIpc) is 2.88. The van der Waals surface area contributed by atoms with E-state index in [1.54, 1.807) is 17.8 Å². The van der Waals surface area contributed by atoms with Gasteiger partial charge in [-0.3, -0.25) is 9.69 Å². The number of amides is 1. The van der Waals surface area contributed by atoms with Gasteiger partial charge < -0.3 is 11.1 Å². The van der Waals surface area contributed by atoms with Crippen LogP contribution in [0.3, 0.4) is 0 Å². The molecule has 1 aliphatic heterocycles. The highest BCUT2D eigenvalue weighted by atomic mass is 35.5.